The Morgan fingerprint density at radius 1 is 1.20 bits per heavy atom. The largest absolute Gasteiger partial charge is 0.382 e. The van der Waals surface area contributed by atoms with E-state index in [9.17, 15) is 4.79 Å². The van der Waals surface area contributed by atoms with E-state index < -0.39 is 0 Å². The molecule has 0 saturated carbocycles. The number of aromatic nitrogens is 1. The SMILES string of the molecule is CCCCN(CCCC)C(=O)c1sc(N(C)C)nc1N. The molecule has 0 atom stereocenters. The lowest BCUT2D eigenvalue weighted by Gasteiger charge is -2.21. The monoisotopic (exact) mass is 298 g/mol. The number of carbonyl (C=O) groups excluding carboxylic acids is 1. The minimum atomic E-state index is 0.0231. The Bertz CT molecular complexity index is 423. The first kappa shape index (κ1) is 16.8. The van der Waals surface area contributed by atoms with Crippen LogP contribution in [-0.4, -0.2) is 43.0 Å². The molecule has 1 aromatic rings. The van der Waals surface area contributed by atoms with Gasteiger partial charge in [-0.1, -0.05) is 38.0 Å². The van der Waals surface area contributed by atoms with Crippen molar-refractivity contribution in [3.8, 4) is 0 Å². The molecule has 0 bridgehead atoms. The van der Waals surface area contributed by atoms with Crippen molar-refractivity contribution < 1.29 is 4.79 Å². The molecule has 0 spiro atoms. The topological polar surface area (TPSA) is 62.5 Å². The molecule has 5 nitrogen and oxygen atoms in total. The number of unbranched alkanes of at least 4 members (excludes halogenated alkanes) is 2. The maximum atomic E-state index is 12.6. The number of rotatable bonds is 8. The highest BCUT2D eigenvalue weighted by molar-refractivity contribution is 7.18. The third kappa shape index (κ3) is 4.37. The molecule has 0 unspecified atom stereocenters. The molecule has 1 rings (SSSR count). The molecule has 0 radical (unpaired) electrons. The van der Waals surface area contributed by atoms with Crippen LogP contribution in [0.15, 0.2) is 0 Å². The van der Waals surface area contributed by atoms with Gasteiger partial charge in [0.1, 0.15) is 10.7 Å². The molecule has 0 fully saturated rings. The molecule has 114 valence electrons. The van der Waals surface area contributed by atoms with Crippen LogP contribution in [0.2, 0.25) is 0 Å². The molecule has 20 heavy (non-hydrogen) atoms. The molecule has 6 heteroatoms. The van der Waals surface area contributed by atoms with Gasteiger partial charge in [-0.05, 0) is 12.8 Å². The van der Waals surface area contributed by atoms with Crippen LogP contribution in [-0.2, 0) is 0 Å². The van der Waals surface area contributed by atoms with E-state index >= 15 is 0 Å². The Morgan fingerprint density at radius 2 is 1.75 bits per heavy atom. The maximum absolute atomic E-state index is 12.6. The highest BCUT2D eigenvalue weighted by Gasteiger charge is 2.22. The van der Waals surface area contributed by atoms with E-state index in [4.69, 9.17) is 5.73 Å². The van der Waals surface area contributed by atoms with Crippen molar-refractivity contribution in [1.29, 1.82) is 0 Å². The van der Waals surface area contributed by atoms with Crippen molar-refractivity contribution >= 4 is 28.2 Å². The van der Waals surface area contributed by atoms with E-state index in [1.54, 1.807) is 0 Å². The first-order valence-corrected chi connectivity index (χ1v) is 8.05. The minimum absolute atomic E-state index is 0.0231. The van der Waals surface area contributed by atoms with Crippen molar-refractivity contribution in [2.45, 2.75) is 39.5 Å². The van der Waals surface area contributed by atoms with Crippen LogP contribution in [0.4, 0.5) is 10.9 Å². The Hall–Kier alpha value is -1.30. The summed E-state index contributed by atoms with van der Waals surface area (Å²) in [5.41, 5.74) is 5.90. The average molecular weight is 298 g/mol. The summed E-state index contributed by atoms with van der Waals surface area (Å²) in [5.74, 6) is 0.372. The highest BCUT2D eigenvalue weighted by Crippen LogP contribution is 2.28. The fourth-order valence-electron chi connectivity index (χ4n) is 1.82. The van der Waals surface area contributed by atoms with E-state index in [-0.39, 0.29) is 5.91 Å². The summed E-state index contributed by atoms with van der Waals surface area (Å²) >= 11 is 1.37. The molecule has 0 aliphatic heterocycles. The number of nitrogens with zero attached hydrogens (tertiary/aromatic N) is 3. The van der Waals surface area contributed by atoms with Crippen LogP contribution in [0.1, 0.15) is 49.2 Å². The third-order valence-electron chi connectivity index (χ3n) is 3.07. The number of hydrogen-bond acceptors (Lipinski definition) is 5. The summed E-state index contributed by atoms with van der Waals surface area (Å²) in [6, 6.07) is 0. The van der Waals surface area contributed by atoms with E-state index in [1.807, 2.05) is 23.9 Å². The molecule has 0 aliphatic rings. The van der Waals surface area contributed by atoms with Crippen LogP contribution in [0.3, 0.4) is 0 Å². The number of anilines is 2. The van der Waals surface area contributed by atoms with Gasteiger partial charge in [0, 0.05) is 27.2 Å². The second kappa shape index (κ2) is 8.09. The smallest absolute Gasteiger partial charge is 0.267 e. The molecule has 2 N–H and O–H groups in total. The summed E-state index contributed by atoms with van der Waals surface area (Å²) in [7, 11) is 3.80. The van der Waals surface area contributed by atoms with Gasteiger partial charge in [-0.2, -0.15) is 0 Å². The summed E-state index contributed by atoms with van der Waals surface area (Å²) in [5, 5.41) is 0.775. The number of nitrogens with two attached hydrogens (primary N) is 1. The molecule has 1 aromatic heterocycles. The molecule has 1 heterocycles. The van der Waals surface area contributed by atoms with Gasteiger partial charge in [-0.3, -0.25) is 4.79 Å². The fourth-order valence-corrected chi connectivity index (χ4v) is 2.70. The van der Waals surface area contributed by atoms with Gasteiger partial charge in [0.25, 0.3) is 5.91 Å². The Balaban J connectivity index is 2.86. The second-order valence-electron chi connectivity index (χ2n) is 5.10. The number of nitrogen functional groups attached to an aromatic ring is 1. The number of carbonyl (C=O) groups is 1. The normalized spacial score (nSPS) is 10.6. The molecule has 0 aliphatic carbocycles. The number of hydrogen-bond donors (Lipinski definition) is 1. The Kier molecular flexibility index (Phi) is 6.78. The van der Waals surface area contributed by atoms with Crippen molar-refractivity contribution in [2.24, 2.45) is 0 Å². The van der Waals surface area contributed by atoms with Gasteiger partial charge in [-0.25, -0.2) is 4.98 Å². The second-order valence-corrected chi connectivity index (χ2v) is 6.08. The van der Waals surface area contributed by atoms with Crippen LogP contribution in [0.5, 0.6) is 0 Å². The first-order chi connectivity index (χ1) is 9.51. The van der Waals surface area contributed by atoms with E-state index in [0.29, 0.717) is 10.7 Å². The van der Waals surface area contributed by atoms with Gasteiger partial charge in [0.2, 0.25) is 0 Å². The molecule has 0 saturated heterocycles. The van der Waals surface area contributed by atoms with E-state index in [0.717, 1.165) is 43.9 Å². The lowest BCUT2D eigenvalue weighted by atomic mass is 10.2. The zero-order valence-electron chi connectivity index (χ0n) is 13.0. The van der Waals surface area contributed by atoms with Crippen LogP contribution in [0.25, 0.3) is 0 Å². The fraction of sp³-hybridized carbons (Fsp3) is 0.714. The standard InChI is InChI=1S/C14H26N4OS/c1-5-7-9-18(10-8-6-2)13(19)11-12(15)16-14(20-11)17(3)4/h5-10,15H2,1-4H3. The van der Waals surface area contributed by atoms with Gasteiger partial charge < -0.3 is 15.5 Å². The molecular weight excluding hydrogens is 272 g/mol. The summed E-state index contributed by atoms with van der Waals surface area (Å²) in [6.45, 7) is 5.86. The minimum Gasteiger partial charge on any atom is -0.382 e. The van der Waals surface area contributed by atoms with Crippen molar-refractivity contribution in [3.05, 3.63) is 4.88 Å². The number of amides is 1. The van der Waals surface area contributed by atoms with Crippen LogP contribution >= 0.6 is 11.3 Å². The molecule has 1 amide bonds. The summed E-state index contributed by atoms with van der Waals surface area (Å²) in [6.07, 6.45) is 4.21. The zero-order valence-corrected chi connectivity index (χ0v) is 13.8. The first-order valence-electron chi connectivity index (χ1n) is 7.24. The van der Waals surface area contributed by atoms with Crippen molar-refractivity contribution in [1.82, 2.24) is 9.88 Å². The lowest BCUT2D eigenvalue weighted by molar-refractivity contribution is 0.0756. The molecule has 0 aromatic carbocycles. The predicted molar refractivity (Wildman–Crippen MR) is 86.6 cm³/mol. The Labute approximate surface area is 125 Å². The van der Waals surface area contributed by atoms with Crippen LogP contribution in [0, 0.1) is 0 Å². The maximum Gasteiger partial charge on any atom is 0.267 e. The highest BCUT2D eigenvalue weighted by atomic mass is 32.1. The Morgan fingerprint density at radius 3 is 2.15 bits per heavy atom. The number of thiazole rings is 1. The lowest BCUT2D eigenvalue weighted by Crippen LogP contribution is -2.32. The van der Waals surface area contributed by atoms with Crippen molar-refractivity contribution in [2.75, 3.05) is 37.8 Å². The summed E-state index contributed by atoms with van der Waals surface area (Å²) in [4.78, 5) is 21.2. The van der Waals surface area contributed by atoms with E-state index in [1.165, 1.54) is 11.3 Å². The third-order valence-corrected chi connectivity index (χ3v) is 4.30. The quantitative estimate of drug-likeness (QED) is 0.801. The average Bonchev–Trinajstić information content (AvgIpc) is 2.80. The van der Waals surface area contributed by atoms with Crippen LogP contribution < -0.4 is 10.6 Å². The predicted octanol–water partition coefficient (Wildman–Crippen LogP) is 2.83. The van der Waals surface area contributed by atoms with Gasteiger partial charge in [0.05, 0.1) is 0 Å². The van der Waals surface area contributed by atoms with Gasteiger partial charge in [0.15, 0.2) is 5.13 Å². The zero-order chi connectivity index (χ0) is 15.1. The van der Waals surface area contributed by atoms with E-state index in [2.05, 4.69) is 18.8 Å². The van der Waals surface area contributed by atoms with Gasteiger partial charge >= 0.3 is 0 Å². The van der Waals surface area contributed by atoms with Crippen molar-refractivity contribution in [3.63, 3.8) is 0 Å². The summed E-state index contributed by atoms with van der Waals surface area (Å²) < 4.78 is 0. The van der Waals surface area contributed by atoms with Gasteiger partial charge in [-0.15, -0.1) is 0 Å². The molecular formula is C14H26N4OS.